The van der Waals surface area contributed by atoms with E-state index in [0.717, 1.165) is 16.2 Å². The number of nitrogens with zero attached hydrogens (tertiary/aromatic N) is 1. The van der Waals surface area contributed by atoms with Crippen molar-refractivity contribution in [1.82, 2.24) is 4.98 Å². The van der Waals surface area contributed by atoms with Gasteiger partial charge >= 0.3 is 0 Å². The molecule has 1 aromatic carbocycles. The van der Waals surface area contributed by atoms with E-state index in [2.05, 4.69) is 4.98 Å². The minimum Gasteiger partial charge on any atom is -0.264 e. The average molecular weight is 139 g/mol. The Kier molecular flexibility index (Phi) is 1.39. The minimum atomic E-state index is 0.788. The summed E-state index contributed by atoms with van der Waals surface area (Å²) >= 11 is 0. The number of hydrogen-bond acceptors (Lipinski definition) is 1. The molecule has 0 saturated carbocycles. The maximum Gasteiger partial charge on any atom is 0.114 e. The van der Waals surface area contributed by atoms with Crippen LogP contribution in [0.25, 0.3) is 10.8 Å². The van der Waals surface area contributed by atoms with E-state index in [9.17, 15) is 0 Å². The van der Waals surface area contributed by atoms with Crippen molar-refractivity contribution in [3.05, 3.63) is 36.7 Å². The highest BCUT2D eigenvalue weighted by Gasteiger charge is 1.92. The molecule has 2 aromatic rings. The van der Waals surface area contributed by atoms with E-state index in [4.69, 9.17) is 7.85 Å². The molecule has 0 spiro atoms. The van der Waals surface area contributed by atoms with Gasteiger partial charge in [-0.15, -0.1) is 0 Å². The number of benzene rings is 1. The molecule has 11 heavy (non-hydrogen) atoms. The van der Waals surface area contributed by atoms with Crippen LogP contribution in [-0.4, -0.2) is 12.8 Å². The van der Waals surface area contributed by atoms with Crippen molar-refractivity contribution in [3.8, 4) is 0 Å². The summed E-state index contributed by atoms with van der Waals surface area (Å²) in [6.45, 7) is 0. The van der Waals surface area contributed by atoms with Crippen LogP contribution < -0.4 is 5.46 Å². The summed E-state index contributed by atoms with van der Waals surface area (Å²) in [6.07, 6.45) is 3.55. The Morgan fingerprint density at radius 3 is 2.91 bits per heavy atom. The molecule has 0 bridgehead atoms. The van der Waals surface area contributed by atoms with Crippen molar-refractivity contribution in [1.29, 1.82) is 0 Å². The van der Waals surface area contributed by atoms with Crippen LogP contribution in [0.2, 0.25) is 0 Å². The molecule has 0 saturated heterocycles. The van der Waals surface area contributed by atoms with Crippen molar-refractivity contribution in [2.24, 2.45) is 0 Å². The lowest BCUT2D eigenvalue weighted by Gasteiger charge is -1.98. The molecule has 0 amide bonds. The van der Waals surface area contributed by atoms with Crippen LogP contribution in [0, 0.1) is 0 Å². The molecule has 0 N–H and O–H groups in total. The van der Waals surface area contributed by atoms with E-state index in [1.165, 1.54) is 0 Å². The van der Waals surface area contributed by atoms with Gasteiger partial charge in [0.15, 0.2) is 0 Å². The van der Waals surface area contributed by atoms with Crippen molar-refractivity contribution >= 4 is 24.1 Å². The SMILES string of the molecule is [B]c1cccc2ccncc12. The van der Waals surface area contributed by atoms with Crippen LogP contribution in [0.4, 0.5) is 0 Å². The Hall–Kier alpha value is -1.31. The number of pyridine rings is 1. The van der Waals surface area contributed by atoms with Crippen molar-refractivity contribution in [2.75, 3.05) is 0 Å². The summed E-state index contributed by atoms with van der Waals surface area (Å²) in [6, 6.07) is 7.79. The van der Waals surface area contributed by atoms with Crippen LogP contribution in [0.15, 0.2) is 36.7 Å². The average Bonchev–Trinajstić information content (AvgIpc) is 2.06. The molecule has 1 nitrogen and oxygen atoms in total. The number of fused-ring (bicyclic) bond motifs is 1. The molecule has 1 heterocycles. The monoisotopic (exact) mass is 139 g/mol. The second-order valence-electron chi connectivity index (χ2n) is 2.44. The van der Waals surface area contributed by atoms with E-state index in [1.807, 2.05) is 24.3 Å². The fourth-order valence-electron chi connectivity index (χ4n) is 1.14. The van der Waals surface area contributed by atoms with E-state index in [1.54, 1.807) is 12.4 Å². The summed E-state index contributed by atoms with van der Waals surface area (Å²) in [5.41, 5.74) is 0.788. The van der Waals surface area contributed by atoms with Gasteiger partial charge in [-0.2, -0.15) is 0 Å². The molecular formula is C9H6BN. The third-order valence-corrected chi connectivity index (χ3v) is 1.72. The summed E-state index contributed by atoms with van der Waals surface area (Å²) in [7, 11) is 5.72. The Morgan fingerprint density at radius 1 is 1.18 bits per heavy atom. The fraction of sp³-hybridized carbons (Fsp3) is 0. The maximum absolute atomic E-state index is 5.72. The maximum atomic E-state index is 5.72. The summed E-state index contributed by atoms with van der Waals surface area (Å²) < 4.78 is 0. The zero-order valence-corrected chi connectivity index (χ0v) is 5.99. The van der Waals surface area contributed by atoms with E-state index < -0.39 is 0 Å². The van der Waals surface area contributed by atoms with Gasteiger partial charge < -0.3 is 0 Å². The van der Waals surface area contributed by atoms with Gasteiger partial charge in [0.1, 0.15) is 7.85 Å². The quantitative estimate of drug-likeness (QED) is 0.496. The van der Waals surface area contributed by atoms with Crippen LogP contribution in [0.1, 0.15) is 0 Å². The molecule has 0 aliphatic heterocycles. The molecular weight excluding hydrogens is 133 g/mol. The fourth-order valence-corrected chi connectivity index (χ4v) is 1.14. The molecule has 50 valence electrons. The first-order chi connectivity index (χ1) is 5.38. The highest BCUT2D eigenvalue weighted by molar-refractivity contribution is 6.38. The first kappa shape index (κ1) is 6.41. The molecule has 0 unspecified atom stereocenters. The van der Waals surface area contributed by atoms with E-state index in [0.29, 0.717) is 0 Å². The predicted molar refractivity (Wildman–Crippen MR) is 47.1 cm³/mol. The van der Waals surface area contributed by atoms with Gasteiger partial charge in [-0.25, -0.2) is 0 Å². The smallest absolute Gasteiger partial charge is 0.114 e. The van der Waals surface area contributed by atoms with Gasteiger partial charge in [-0.3, -0.25) is 4.98 Å². The second kappa shape index (κ2) is 2.38. The highest BCUT2D eigenvalue weighted by atomic mass is 14.6. The van der Waals surface area contributed by atoms with E-state index in [-0.39, 0.29) is 0 Å². The lowest BCUT2D eigenvalue weighted by atomic mass is 9.91. The second-order valence-corrected chi connectivity index (χ2v) is 2.44. The standard InChI is InChI=1S/C9H6BN/c10-9-3-1-2-7-4-5-11-6-8(7)9/h1-6H. The van der Waals surface area contributed by atoms with Gasteiger partial charge in [-0.1, -0.05) is 23.7 Å². The van der Waals surface area contributed by atoms with Crippen LogP contribution in [-0.2, 0) is 0 Å². The molecule has 1 aromatic heterocycles. The Morgan fingerprint density at radius 2 is 2.09 bits per heavy atom. The van der Waals surface area contributed by atoms with Crippen molar-refractivity contribution in [3.63, 3.8) is 0 Å². The normalized spacial score (nSPS) is 10.2. The summed E-state index contributed by atoms with van der Waals surface area (Å²) in [4.78, 5) is 3.99. The van der Waals surface area contributed by atoms with Crippen molar-refractivity contribution < 1.29 is 0 Å². The van der Waals surface area contributed by atoms with Gasteiger partial charge in [-0.05, 0) is 16.8 Å². The minimum absolute atomic E-state index is 0.788. The predicted octanol–water partition coefficient (Wildman–Crippen LogP) is 1.03. The zero-order chi connectivity index (χ0) is 7.68. The first-order valence-corrected chi connectivity index (χ1v) is 3.46. The largest absolute Gasteiger partial charge is 0.264 e. The van der Waals surface area contributed by atoms with Gasteiger partial charge in [0.25, 0.3) is 0 Å². The third-order valence-electron chi connectivity index (χ3n) is 1.72. The molecule has 2 heteroatoms. The zero-order valence-electron chi connectivity index (χ0n) is 5.99. The molecule has 2 rings (SSSR count). The number of rotatable bonds is 0. The Balaban J connectivity index is 2.91. The van der Waals surface area contributed by atoms with Gasteiger partial charge in [0.2, 0.25) is 0 Å². The number of aromatic nitrogens is 1. The molecule has 0 aliphatic carbocycles. The summed E-state index contributed by atoms with van der Waals surface area (Å²) in [5, 5.41) is 2.16. The third kappa shape index (κ3) is 1.00. The topological polar surface area (TPSA) is 12.9 Å². The Labute approximate surface area is 66.5 Å². The molecule has 0 fully saturated rings. The Bertz CT molecular complexity index is 379. The first-order valence-electron chi connectivity index (χ1n) is 3.46. The van der Waals surface area contributed by atoms with Crippen molar-refractivity contribution in [2.45, 2.75) is 0 Å². The molecule has 0 aliphatic rings. The van der Waals surface area contributed by atoms with Gasteiger partial charge in [0.05, 0.1) is 0 Å². The van der Waals surface area contributed by atoms with Gasteiger partial charge in [0, 0.05) is 12.4 Å². The van der Waals surface area contributed by atoms with Crippen LogP contribution in [0.3, 0.4) is 0 Å². The number of hydrogen-bond donors (Lipinski definition) is 0. The highest BCUT2D eigenvalue weighted by Crippen LogP contribution is 2.07. The lowest BCUT2D eigenvalue weighted by Crippen LogP contribution is -2.02. The van der Waals surface area contributed by atoms with Crippen LogP contribution >= 0.6 is 0 Å². The van der Waals surface area contributed by atoms with Crippen LogP contribution in [0.5, 0.6) is 0 Å². The molecule has 0 atom stereocenters. The van der Waals surface area contributed by atoms with E-state index >= 15 is 0 Å². The molecule has 2 radical (unpaired) electrons. The summed E-state index contributed by atoms with van der Waals surface area (Å²) in [5.74, 6) is 0. The lowest BCUT2D eigenvalue weighted by molar-refractivity contribution is 1.37.